The zero-order valence-corrected chi connectivity index (χ0v) is 20.2. The van der Waals surface area contributed by atoms with Gasteiger partial charge in [-0.15, -0.1) is 24.0 Å². The fraction of sp³-hybridized carbons (Fsp3) is 0.636. The number of carbonyl (C=O) groups excluding carboxylic acids is 1. The lowest BCUT2D eigenvalue weighted by molar-refractivity contribution is -0.116. The van der Waals surface area contributed by atoms with Crippen molar-refractivity contribution in [3.8, 4) is 0 Å². The summed E-state index contributed by atoms with van der Waals surface area (Å²) in [5.74, 6) is 1.08. The van der Waals surface area contributed by atoms with Gasteiger partial charge in [0.2, 0.25) is 5.91 Å². The fourth-order valence-electron chi connectivity index (χ4n) is 4.35. The van der Waals surface area contributed by atoms with Crippen LogP contribution < -0.4 is 16.0 Å². The Labute approximate surface area is 192 Å². The molecule has 3 unspecified atom stereocenters. The molecule has 0 radical (unpaired) electrons. The number of carbonyl (C=O) groups is 1. The molecule has 0 spiro atoms. The maximum Gasteiger partial charge on any atom is 0.225 e. The third kappa shape index (κ3) is 6.57. The second-order valence-corrected chi connectivity index (χ2v) is 8.07. The van der Waals surface area contributed by atoms with Crippen LogP contribution in [0.4, 0.5) is 5.69 Å². The van der Waals surface area contributed by atoms with E-state index < -0.39 is 0 Å². The molecule has 2 heterocycles. The molecule has 1 aromatic carbocycles. The smallest absolute Gasteiger partial charge is 0.225 e. The number of nitrogens with zero attached hydrogens (tertiary/aromatic N) is 2. The molecule has 0 aromatic heterocycles. The Bertz CT molecular complexity index is 696. The average molecular weight is 513 g/mol. The van der Waals surface area contributed by atoms with Crippen LogP contribution in [0.5, 0.6) is 0 Å². The highest BCUT2D eigenvalue weighted by atomic mass is 127. The molecule has 3 rings (SSSR count). The standard InChI is InChI=1S/C22H35N5O.HI/c1-4-23-22(24-14-17(3)27-12-8-7-9-16(27)2)25-15-18-13-21(28)26-20-11-6-5-10-19(18)20;/h5-6,10-11,16-18H,4,7-9,12-15H2,1-3H3,(H,26,28)(H2,23,24,25);1H. The molecule has 7 heteroatoms. The number of guanidine groups is 1. The third-order valence-electron chi connectivity index (χ3n) is 5.90. The number of hydrogen-bond acceptors (Lipinski definition) is 3. The van der Waals surface area contributed by atoms with Gasteiger partial charge in [0.25, 0.3) is 0 Å². The maximum atomic E-state index is 12.0. The van der Waals surface area contributed by atoms with Gasteiger partial charge in [-0.25, -0.2) is 0 Å². The lowest BCUT2D eigenvalue weighted by atomic mass is 9.90. The number of rotatable bonds is 6. The minimum atomic E-state index is 0. The zero-order valence-electron chi connectivity index (χ0n) is 17.9. The first-order valence-corrected chi connectivity index (χ1v) is 10.7. The van der Waals surface area contributed by atoms with Crippen molar-refractivity contribution < 1.29 is 4.79 Å². The number of fused-ring (bicyclic) bond motifs is 1. The highest BCUT2D eigenvalue weighted by molar-refractivity contribution is 14.0. The van der Waals surface area contributed by atoms with Crippen molar-refractivity contribution in [1.29, 1.82) is 0 Å². The molecule has 2 aliphatic heterocycles. The van der Waals surface area contributed by atoms with Crippen LogP contribution in [-0.4, -0.2) is 55.0 Å². The summed E-state index contributed by atoms with van der Waals surface area (Å²) >= 11 is 0. The number of aliphatic imine (C=N–C) groups is 1. The van der Waals surface area contributed by atoms with Crippen LogP contribution >= 0.6 is 24.0 Å². The van der Waals surface area contributed by atoms with E-state index in [1.807, 2.05) is 18.2 Å². The Balaban J connectivity index is 0.00000300. The summed E-state index contributed by atoms with van der Waals surface area (Å²) in [6.45, 7) is 10.2. The number of halogens is 1. The average Bonchev–Trinajstić information content (AvgIpc) is 2.69. The van der Waals surface area contributed by atoms with Gasteiger partial charge in [-0.1, -0.05) is 24.6 Å². The van der Waals surface area contributed by atoms with Crippen molar-refractivity contribution >= 4 is 41.5 Å². The SMILES string of the molecule is CCNC(=NCC(C)N1CCCCC1C)NCC1CC(=O)Nc2ccccc21.I. The molecule has 6 nitrogen and oxygen atoms in total. The van der Waals surface area contributed by atoms with Gasteiger partial charge >= 0.3 is 0 Å². The summed E-state index contributed by atoms with van der Waals surface area (Å²) in [6, 6.07) is 9.15. The highest BCUT2D eigenvalue weighted by Crippen LogP contribution is 2.31. The number of amides is 1. The predicted molar refractivity (Wildman–Crippen MR) is 131 cm³/mol. The zero-order chi connectivity index (χ0) is 19.9. The molecule has 3 atom stereocenters. The van der Waals surface area contributed by atoms with E-state index >= 15 is 0 Å². The first-order chi connectivity index (χ1) is 13.6. The normalized spacial score (nSPS) is 23.4. The van der Waals surface area contributed by atoms with E-state index in [2.05, 4.69) is 47.7 Å². The van der Waals surface area contributed by atoms with Crippen LogP contribution in [0.15, 0.2) is 29.3 Å². The molecule has 29 heavy (non-hydrogen) atoms. The Hall–Kier alpha value is -1.35. The highest BCUT2D eigenvalue weighted by Gasteiger charge is 2.25. The number of benzene rings is 1. The van der Waals surface area contributed by atoms with Gasteiger partial charge in [0.1, 0.15) is 0 Å². The molecule has 162 valence electrons. The third-order valence-corrected chi connectivity index (χ3v) is 5.90. The van der Waals surface area contributed by atoms with Gasteiger partial charge in [0.05, 0.1) is 6.54 Å². The van der Waals surface area contributed by atoms with Crippen LogP contribution in [0.3, 0.4) is 0 Å². The Morgan fingerprint density at radius 1 is 1.31 bits per heavy atom. The van der Waals surface area contributed by atoms with Gasteiger partial charge in [-0.05, 0) is 51.8 Å². The number of piperidine rings is 1. The summed E-state index contributed by atoms with van der Waals surface area (Å²) in [7, 11) is 0. The molecule has 0 saturated carbocycles. The van der Waals surface area contributed by atoms with Crippen LogP contribution in [0.1, 0.15) is 57.9 Å². The molecule has 2 aliphatic rings. The topological polar surface area (TPSA) is 68.8 Å². The molecule has 3 N–H and O–H groups in total. The molecule has 0 aliphatic carbocycles. The number of hydrogen-bond donors (Lipinski definition) is 3. The van der Waals surface area contributed by atoms with Crippen molar-refractivity contribution in [1.82, 2.24) is 15.5 Å². The summed E-state index contributed by atoms with van der Waals surface area (Å²) in [6.07, 6.45) is 4.43. The van der Waals surface area contributed by atoms with Crippen LogP contribution in [0, 0.1) is 0 Å². The molecular formula is C22H36IN5O. The van der Waals surface area contributed by atoms with Crippen molar-refractivity contribution in [3.63, 3.8) is 0 Å². The first kappa shape index (κ1) is 23.9. The first-order valence-electron chi connectivity index (χ1n) is 10.7. The molecule has 1 saturated heterocycles. The predicted octanol–water partition coefficient (Wildman–Crippen LogP) is 3.55. The summed E-state index contributed by atoms with van der Waals surface area (Å²) in [5.41, 5.74) is 2.13. The van der Waals surface area contributed by atoms with E-state index in [9.17, 15) is 4.79 Å². The summed E-state index contributed by atoms with van der Waals surface area (Å²) < 4.78 is 0. The molecular weight excluding hydrogens is 477 g/mol. The minimum Gasteiger partial charge on any atom is -0.357 e. The van der Waals surface area contributed by atoms with E-state index in [-0.39, 0.29) is 35.8 Å². The number of nitrogens with one attached hydrogen (secondary N) is 3. The molecule has 1 aromatic rings. The fourth-order valence-corrected chi connectivity index (χ4v) is 4.35. The largest absolute Gasteiger partial charge is 0.357 e. The van der Waals surface area contributed by atoms with Crippen molar-refractivity contribution in [2.45, 2.75) is 64.5 Å². The Morgan fingerprint density at radius 2 is 2.10 bits per heavy atom. The Kier molecular flexibility index (Phi) is 9.68. The lowest BCUT2D eigenvalue weighted by Crippen LogP contribution is -2.46. The molecule has 1 fully saturated rings. The maximum absolute atomic E-state index is 12.0. The van der Waals surface area contributed by atoms with Crippen molar-refractivity contribution in [3.05, 3.63) is 29.8 Å². The van der Waals surface area contributed by atoms with E-state index in [1.165, 1.54) is 31.4 Å². The quantitative estimate of drug-likeness (QED) is 0.309. The van der Waals surface area contributed by atoms with E-state index in [0.29, 0.717) is 25.0 Å². The van der Waals surface area contributed by atoms with Gasteiger partial charge in [-0.3, -0.25) is 14.7 Å². The van der Waals surface area contributed by atoms with Crippen LogP contribution in [0.25, 0.3) is 0 Å². The monoisotopic (exact) mass is 513 g/mol. The van der Waals surface area contributed by atoms with E-state index in [1.54, 1.807) is 0 Å². The second-order valence-electron chi connectivity index (χ2n) is 8.07. The number of likely N-dealkylation sites (tertiary alicyclic amines) is 1. The van der Waals surface area contributed by atoms with E-state index in [4.69, 9.17) is 4.99 Å². The number of para-hydroxylation sites is 1. The molecule has 0 bridgehead atoms. The minimum absolute atomic E-state index is 0. The van der Waals surface area contributed by atoms with Crippen LogP contribution in [0.2, 0.25) is 0 Å². The summed E-state index contributed by atoms with van der Waals surface area (Å²) in [5, 5.41) is 9.77. The Morgan fingerprint density at radius 3 is 2.86 bits per heavy atom. The van der Waals surface area contributed by atoms with Gasteiger partial charge in [0, 0.05) is 43.2 Å². The number of anilines is 1. The van der Waals surface area contributed by atoms with Gasteiger partial charge in [0.15, 0.2) is 5.96 Å². The van der Waals surface area contributed by atoms with Crippen molar-refractivity contribution in [2.24, 2.45) is 4.99 Å². The lowest BCUT2D eigenvalue weighted by Gasteiger charge is -2.37. The van der Waals surface area contributed by atoms with E-state index in [0.717, 1.165) is 24.7 Å². The van der Waals surface area contributed by atoms with Gasteiger partial charge in [-0.2, -0.15) is 0 Å². The second kappa shape index (κ2) is 11.7. The summed E-state index contributed by atoms with van der Waals surface area (Å²) in [4.78, 5) is 19.5. The van der Waals surface area contributed by atoms with Gasteiger partial charge < -0.3 is 16.0 Å². The molecule has 1 amide bonds. The van der Waals surface area contributed by atoms with Crippen LogP contribution in [-0.2, 0) is 4.79 Å². The van der Waals surface area contributed by atoms with Crippen molar-refractivity contribution in [2.75, 3.05) is 31.5 Å².